The SMILES string of the molecule is Cc1occc1C1=NCC(=O)N1. The molecule has 0 saturated carbocycles. The number of hydrogen-bond acceptors (Lipinski definition) is 3. The van der Waals surface area contributed by atoms with Gasteiger partial charge in [0.05, 0.1) is 11.8 Å². The summed E-state index contributed by atoms with van der Waals surface area (Å²) < 4.78 is 5.08. The molecule has 12 heavy (non-hydrogen) atoms. The molecule has 2 rings (SSSR count). The van der Waals surface area contributed by atoms with Gasteiger partial charge in [0.25, 0.3) is 0 Å². The maximum Gasteiger partial charge on any atom is 0.247 e. The summed E-state index contributed by atoms with van der Waals surface area (Å²) in [7, 11) is 0. The highest BCUT2D eigenvalue weighted by molar-refractivity contribution is 6.12. The Labute approximate surface area is 69.3 Å². The van der Waals surface area contributed by atoms with Crippen molar-refractivity contribution >= 4 is 11.7 Å². The first-order chi connectivity index (χ1) is 5.77. The van der Waals surface area contributed by atoms with Crippen molar-refractivity contribution in [1.29, 1.82) is 0 Å². The van der Waals surface area contributed by atoms with Crippen molar-refractivity contribution in [1.82, 2.24) is 5.32 Å². The first kappa shape index (κ1) is 7.09. The van der Waals surface area contributed by atoms with Crippen LogP contribution in [0.4, 0.5) is 0 Å². The number of carbonyl (C=O) groups is 1. The molecule has 1 N–H and O–H groups in total. The molecule has 4 nitrogen and oxygen atoms in total. The fourth-order valence-corrected chi connectivity index (χ4v) is 1.15. The Morgan fingerprint density at radius 2 is 2.50 bits per heavy atom. The largest absolute Gasteiger partial charge is 0.469 e. The summed E-state index contributed by atoms with van der Waals surface area (Å²) in [5, 5.41) is 2.65. The van der Waals surface area contributed by atoms with Crippen LogP contribution in [0, 0.1) is 6.92 Å². The van der Waals surface area contributed by atoms with Gasteiger partial charge in [0.15, 0.2) is 0 Å². The summed E-state index contributed by atoms with van der Waals surface area (Å²) in [6, 6.07) is 1.79. The zero-order valence-electron chi connectivity index (χ0n) is 6.63. The van der Waals surface area contributed by atoms with Gasteiger partial charge in [-0.05, 0) is 13.0 Å². The molecule has 0 aliphatic carbocycles. The molecule has 1 aliphatic heterocycles. The van der Waals surface area contributed by atoms with Gasteiger partial charge in [-0.3, -0.25) is 9.79 Å². The number of amidine groups is 1. The molecule has 62 valence electrons. The van der Waals surface area contributed by atoms with Crippen LogP contribution >= 0.6 is 0 Å². The van der Waals surface area contributed by atoms with Crippen LogP contribution in [0.1, 0.15) is 11.3 Å². The van der Waals surface area contributed by atoms with Gasteiger partial charge in [0.2, 0.25) is 5.91 Å². The molecule has 1 aromatic heterocycles. The number of nitrogens with one attached hydrogen (secondary N) is 1. The normalized spacial score (nSPS) is 16.1. The van der Waals surface area contributed by atoms with Crippen LogP contribution in [0.25, 0.3) is 0 Å². The van der Waals surface area contributed by atoms with Gasteiger partial charge in [0, 0.05) is 0 Å². The van der Waals surface area contributed by atoms with Crippen LogP contribution in [0.5, 0.6) is 0 Å². The standard InChI is InChI=1S/C8H8N2O2/c1-5-6(2-3-12-5)8-9-4-7(11)10-8/h2-3H,4H2,1H3,(H,9,10,11). The molecular formula is C8H8N2O2. The molecule has 0 spiro atoms. The Balaban J connectivity index is 2.33. The molecule has 0 bridgehead atoms. The fourth-order valence-electron chi connectivity index (χ4n) is 1.15. The second kappa shape index (κ2) is 2.48. The quantitative estimate of drug-likeness (QED) is 0.655. The Hall–Kier alpha value is -1.58. The lowest BCUT2D eigenvalue weighted by molar-refractivity contribution is -0.117. The third-order valence-corrected chi connectivity index (χ3v) is 1.75. The molecule has 2 heterocycles. The zero-order chi connectivity index (χ0) is 8.55. The molecule has 1 amide bonds. The van der Waals surface area contributed by atoms with Crippen LogP contribution in [0.15, 0.2) is 21.7 Å². The number of carbonyl (C=O) groups excluding carboxylic acids is 1. The average molecular weight is 164 g/mol. The fraction of sp³-hybridized carbons (Fsp3) is 0.250. The molecule has 1 aromatic rings. The van der Waals surface area contributed by atoms with Crippen LogP contribution in [-0.4, -0.2) is 18.3 Å². The monoisotopic (exact) mass is 164 g/mol. The highest BCUT2D eigenvalue weighted by atomic mass is 16.3. The summed E-state index contributed by atoms with van der Waals surface area (Å²) in [4.78, 5) is 14.8. The van der Waals surface area contributed by atoms with E-state index in [1.165, 1.54) is 0 Å². The van der Waals surface area contributed by atoms with Gasteiger partial charge in [-0.25, -0.2) is 0 Å². The van der Waals surface area contributed by atoms with E-state index in [2.05, 4.69) is 10.3 Å². The van der Waals surface area contributed by atoms with E-state index in [1.54, 1.807) is 12.3 Å². The first-order valence-electron chi connectivity index (χ1n) is 3.66. The van der Waals surface area contributed by atoms with Gasteiger partial charge in [-0.2, -0.15) is 0 Å². The van der Waals surface area contributed by atoms with Crippen LogP contribution < -0.4 is 5.32 Å². The van der Waals surface area contributed by atoms with E-state index >= 15 is 0 Å². The van der Waals surface area contributed by atoms with Crippen molar-refractivity contribution in [3.8, 4) is 0 Å². The summed E-state index contributed by atoms with van der Waals surface area (Å²) in [5.41, 5.74) is 0.862. The minimum Gasteiger partial charge on any atom is -0.469 e. The summed E-state index contributed by atoms with van der Waals surface area (Å²) in [6.45, 7) is 2.06. The Morgan fingerprint density at radius 3 is 3.00 bits per heavy atom. The van der Waals surface area contributed by atoms with E-state index < -0.39 is 0 Å². The number of aliphatic imine (C=N–C) groups is 1. The van der Waals surface area contributed by atoms with E-state index in [0.29, 0.717) is 5.84 Å². The lowest BCUT2D eigenvalue weighted by Crippen LogP contribution is -2.25. The van der Waals surface area contributed by atoms with Crippen LogP contribution in [-0.2, 0) is 4.79 Å². The Kier molecular flexibility index (Phi) is 1.46. The predicted molar refractivity (Wildman–Crippen MR) is 43.0 cm³/mol. The number of amides is 1. The molecule has 0 unspecified atom stereocenters. The summed E-state index contributed by atoms with van der Waals surface area (Å²) in [6.07, 6.45) is 1.58. The predicted octanol–water partition coefficient (Wildman–Crippen LogP) is 0.464. The maximum atomic E-state index is 10.8. The Bertz CT molecular complexity index is 352. The van der Waals surface area contributed by atoms with E-state index in [0.717, 1.165) is 11.3 Å². The van der Waals surface area contributed by atoms with Gasteiger partial charge >= 0.3 is 0 Å². The van der Waals surface area contributed by atoms with Crippen LogP contribution in [0.3, 0.4) is 0 Å². The van der Waals surface area contributed by atoms with Crippen molar-refractivity contribution < 1.29 is 9.21 Å². The van der Waals surface area contributed by atoms with E-state index in [9.17, 15) is 4.79 Å². The minimum absolute atomic E-state index is 0.0643. The van der Waals surface area contributed by atoms with E-state index in [1.807, 2.05) is 6.92 Å². The third-order valence-electron chi connectivity index (χ3n) is 1.75. The number of aryl methyl sites for hydroxylation is 1. The van der Waals surface area contributed by atoms with E-state index in [4.69, 9.17) is 4.42 Å². The smallest absolute Gasteiger partial charge is 0.247 e. The van der Waals surface area contributed by atoms with Gasteiger partial charge in [-0.1, -0.05) is 0 Å². The third kappa shape index (κ3) is 1.01. The highest BCUT2D eigenvalue weighted by Gasteiger charge is 2.17. The zero-order valence-corrected chi connectivity index (χ0v) is 6.63. The average Bonchev–Trinajstić information content (AvgIpc) is 2.58. The van der Waals surface area contributed by atoms with Crippen molar-refractivity contribution in [2.75, 3.05) is 6.54 Å². The topological polar surface area (TPSA) is 54.6 Å². The molecular weight excluding hydrogens is 156 g/mol. The highest BCUT2D eigenvalue weighted by Crippen LogP contribution is 2.10. The molecule has 4 heteroatoms. The van der Waals surface area contributed by atoms with Crippen molar-refractivity contribution in [3.05, 3.63) is 23.7 Å². The van der Waals surface area contributed by atoms with Gasteiger partial charge in [-0.15, -0.1) is 0 Å². The lowest BCUT2D eigenvalue weighted by atomic mass is 10.2. The number of furan rings is 1. The van der Waals surface area contributed by atoms with E-state index in [-0.39, 0.29) is 12.5 Å². The van der Waals surface area contributed by atoms with Gasteiger partial charge < -0.3 is 9.73 Å². The number of hydrogen-bond donors (Lipinski definition) is 1. The van der Waals surface area contributed by atoms with Crippen molar-refractivity contribution in [2.24, 2.45) is 4.99 Å². The molecule has 1 aliphatic rings. The van der Waals surface area contributed by atoms with Crippen molar-refractivity contribution in [2.45, 2.75) is 6.92 Å². The summed E-state index contributed by atoms with van der Waals surface area (Å²) >= 11 is 0. The Morgan fingerprint density at radius 1 is 1.67 bits per heavy atom. The number of rotatable bonds is 1. The molecule has 0 atom stereocenters. The maximum absolute atomic E-state index is 10.8. The van der Waals surface area contributed by atoms with Gasteiger partial charge in [0.1, 0.15) is 18.1 Å². The minimum atomic E-state index is -0.0643. The molecule has 0 radical (unpaired) electrons. The molecule has 0 fully saturated rings. The van der Waals surface area contributed by atoms with Crippen LogP contribution in [0.2, 0.25) is 0 Å². The second-order valence-corrected chi connectivity index (χ2v) is 2.60. The molecule has 0 saturated heterocycles. The lowest BCUT2D eigenvalue weighted by Gasteiger charge is -1.96. The van der Waals surface area contributed by atoms with Crippen molar-refractivity contribution in [3.63, 3.8) is 0 Å². The first-order valence-corrected chi connectivity index (χ1v) is 3.66. The molecule has 0 aromatic carbocycles. The number of nitrogens with zero attached hydrogens (tertiary/aromatic N) is 1. The summed E-state index contributed by atoms with van der Waals surface area (Å²) in [5.74, 6) is 1.33. The second-order valence-electron chi connectivity index (χ2n) is 2.60.